The number of Topliss-reactive ketones (excluding diaryl/α,β-unsaturated/α-hetero) is 1. The predicted molar refractivity (Wildman–Crippen MR) is 158 cm³/mol. The largest absolute Gasteiger partial charge is 0.454 e. The Balaban J connectivity index is 0.000000197. The molecular weight excluding hydrogens is 648 g/mol. The van der Waals surface area contributed by atoms with Crippen molar-refractivity contribution in [3.05, 3.63) is 46.4 Å². The molecule has 11 heteroatoms. The summed E-state index contributed by atoms with van der Waals surface area (Å²) in [6, 6.07) is 4.12. The van der Waals surface area contributed by atoms with E-state index in [2.05, 4.69) is 19.9 Å². The first-order valence-electron chi connectivity index (χ1n) is 15.0. The molecule has 3 radical (unpaired) electrons. The van der Waals surface area contributed by atoms with Crippen molar-refractivity contribution in [1.82, 2.24) is 14.7 Å². The Morgan fingerprint density at radius 1 is 0.714 bits per heavy atom. The molecule has 0 atom stereocenters. The van der Waals surface area contributed by atoms with E-state index < -0.39 is 0 Å². The molecule has 1 aromatic rings. The molecule has 4 aliphatic heterocycles. The summed E-state index contributed by atoms with van der Waals surface area (Å²) >= 11 is 0. The van der Waals surface area contributed by atoms with Crippen LogP contribution in [0.2, 0.25) is 0 Å². The SMILES string of the molecule is CCCCOCCOCCOCc1cc2c(cc1CCC)OCO2.O=C1C=C(N2CC2)C(=O)C(N2CC2)=C1N1CC1.[Sb]. The molecule has 5 aliphatic rings. The van der Waals surface area contributed by atoms with Crippen molar-refractivity contribution >= 4 is 36.0 Å². The minimum absolute atomic E-state index is 0. The first-order chi connectivity index (χ1) is 20.1. The number of unbranched alkanes of at least 4 members (excludes halogenated alkanes) is 1. The summed E-state index contributed by atoms with van der Waals surface area (Å²) in [7, 11) is 0. The van der Waals surface area contributed by atoms with Crippen LogP contribution in [0.3, 0.4) is 0 Å². The smallest absolute Gasteiger partial charge is 0.231 e. The maximum Gasteiger partial charge on any atom is 0.231 e. The van der Waals surface area contributed by atoms with Crippen LogP contribution in [-0.4, -0.2) is 130 Å². The molecule has 229 valence electrons. The van der Waals surface area contributed by atoms with Gasteiger partial charge in [0.25, 0.3) is 0 Å². The van der Waals surface area contributed by atoms with Gasteiger partial charge in [-0.1, -0.05) is 26.7 Å². The number of carbonyl (C=O) groups is 2. The molecule has 42 heavy (non-hydrogen) atoms. The molecule has 0 aromatic heterocycles. The van der Waals surface area contributed by atoms with Gasteiger partial charge in [-0.25, -0.2) is 0 Å². The second-order valence-corrected chi connectivity index (χ2v) is 10.7. The summed E-state index contributed by atoms with van der Waals surface area (Å²) in [6.07, 6.45) is 5.90. The van der Waals surface area contributed by atoms with E-state index in [1.165, 1.54) is 17.2 Å². The van der Waals surface area contributed by atoms with Gasteiger partial charge < -0.3 is 38.4 Å². The van der Waals surface area contributed by atoms with Crippen LogP contribution >= 0.6 is 0 Å². The average molecular weight is 691 g/mol. The number of allylic oxidation sites excluding steroid dienone is 1. The number of hydrogen-bond donors (Lipinski definition) is 0. The van der Waals surface area contributed by atoms with Crippen LogP contribution in [0.1, 0.15) is 44.2 Å². The fourth-order valence-corrected chi connectivity index (χ4v) is 4.81. The third-order valence-electron chi connectivity index (χ3n) is 7.35. The summed E-state index contributed by atoms with van der Waals surface area (Å²) in [5, 5.41) is 0. The van der Waals surface area contributed by atoms with Crippen molar-refractivity contribution in [3.63, 3.8) is 0 Å². The fourth-order valence-electron chi connectivity index (χ4n) is 4.81. The summed E-state index contributed by atoms with van der Waals surface area (Å²) in [5.41, 5.74) is 4.33. The van der Waals surface area contributed by atoms with E-state index in [1.54, 1.807) is 0 Å². The summed E-state index contributed by atoms with van der Waals surface area (Å²) in [4.78, 5) is 30.5. The van der Waals surface area contributed by atoms with Crippen LogP contribution in [0.15, 0.2) is 35.3 Å². The van der Waals surface area contributed by atoms with E-state index in [1.807, 2.05) is 20.8 Å². The molecule has 1 aromatic carbocycles. The van der Waals surface area contributed by atoms with Crippen LogP contribution in [0.5, 0.6) is 11.5 Å². The monoisotopic (exact) mass is 690 g/mol. The van der Waals surface area contributed by atoms with Gasteiger partial charge in [0.2, 0.25) is 18.4 Å². The molecule has 0 amide bonds. The van der Waals surface area contributed by atoms with Crippen LogP contribution in [0, 0.1) is 0 Å². The average Bonchev–Trinajstić information content (AvgIpc) is 3.83. The molecular formula is C31H43N3O7Sb. The van der Waals surface area contributed by atoms with Crippen molar-refractivity contribution in [2.75, 3.05) is 79.1 Å². The Bertz CT molecular complexity index is 1160. The van der Waals surface area contributed by atoms with Gasteiger partial charge >= 0.3 is 0 Å². The van der Waals surface area contributed by atoms with Gasteiger partial charge in [0.15, 0.2) is 11.5 Å². The Labute approximate surface area is 266 Å². The van der Waals surface area contributed by atoms with Crippen LogP contribution < -0.4 is 9.47 Å². The van der Waals surface area contributed by atoms with E-state index in [0.29, 0.717) is 56.9 Å². The zero-order valence-corrected chi connectivity index (χ0v) is 27.5. The molecule has 0 unspecified atom stereocenters. The number of benzene rings is 1. The van der Waals surface area contributed by atoms with Gasteiger partial charge in [-0.05, 0) is 36.1 Å². The minimum atomic E-state index is 0. The van der Waals surface area contributed by atoms with Crippen LogP contribution in [0.25, 0.3) is 0 Å². The number of fused-ring (bicyclic) bond motifs is 1. The fraction of sp³-hybridized carbons (Fsp3) is 0.613. The first kappa shape index (κ1) is 32.6. The normalized spacial score (nSPS) is 18.0. The molecule has 1 aliphatic carbocycles. The van der Waals surface area contributed by atoms with Gasteiger partial charge in [0.05, 0.1) is 38.7 Å². The number of ketones is 2. The Morgan fingerprint density at radius 3 is 1.88 bits per heavy atom. The van der Waals surface area contributed by atoms with E-state index in [0.717, 1.165) is 83.1 Å². The van der Waals surface area contributed by atoms with Crippen molar-refractivity contribution in [1.29, 1.82) is 0 Å². The summed E-state index contributed by atoms with van der Waals surface area (Å²) < 4.78 is 27.6. The van der Waals surface area contributed by atoms with Crippen molar-refractivity contribution in [3.8, 4) is 11.5 Å². The zero-order valence-electron chi connectivity index (χ0n) is 24.9. The Morgan fingerprint density at radius 2 is 1.29 bits per heavy atom. The third-order valence-corrected chi connectivity index (χ3v) is 7.35. The molecule has 3 saturated heterocycles. The Hall–Kier alpha value is -2.26. The topological polar surface area (TPSA) is 89.3 Å². The maximum atomic E-state index is 12.4. The standard InChI is InChI=1S/C19H30O5.C12H13N3O2.Sb/c1-3-5-7-20-8-9-21-10-11-22-14-17-13-19-18(23-15-24-19)12-16(17)6-4-2;16-9-7-8(13-1-2-13)12(17)11(15-5-6-15)10(9)14-3-4-14;/h12-13H,3-11,14-15H2,1-2H3;7H,1-6H2;. The van der Waals surface area contributed by atoms with Crippen LogP contribution in [0.4, 0.5) is 0 Å². The molecule has 6 rings (SSSR count). The van der Waals surface area contributed by atoms with E-state index in [9.17, 15) is 9.59 Å². The zero-order chi connectivity index (χ0) is 28.6. The Kier molecular flexibility index (Phi) is 12.4. The third kappa shape index (κ3) is 8.88. The van der Waals surface area contributed by atoms with E-state index in [4.69, 9.17) is 23.7 Å². The molecule has 10 nitrogen and oxygen atoms in total. The quantitative estimate of drug-likeness (QED) is 0.112. The van der Waals surface area contributed by atoms with Gasteiger partial charge in [-0.3, -0.25) is 9.59 Å². The summed E-state index contributed by atoms with van der Waals surface area (Å²) in [6.45, 7) is 13.9. The van der Waals surface area contributed by atoms with Crippen LogP contribution in [-0.2, 0) is 36.8 Å². The first-order valence-corrected chi connectivity index (χ1v) is 15.0. The van der Waals surface area contributed by atoms with Gasteiger partial charge in [0.1, 0.15) is 11.4 Å². The van der Waals surface area contributed by atoms with Crippen molar-refractivity contribution < 1.29 is 33.3 Å². The van der Waals surface area contributed by atoms with Gasteiger partial charge in [-0.15, -0.1) is 0 Å². The van der Waals surface area contributed by atoms with Gasteiger partial charge in [0, 0.05) is 76.4 Å². The number of carbonyl (C=O) groups excluding carboxylic acids is 2. The molecule has 4 heterocycles. The number of rotatable bonds is 16. The molecule has 0 saturated carbocycles. The maximum absolute atomic E-state index is 12.4. The number of aryl methyl sites for hydroxylation is 1. The molecule has 0 N–H and O–H groups in total. The summed E-state index contributed by atoms with van der Waals surface area (Å²) in [5.74, 6) is 1.70. The van der Waals surface area contributed by atoms with Crippen molar-refractivity contribution in [2.45, 2.75) is 46.1 Å². The van der Waals surface area contributed by atoms with E-state index in [-0.39, 0.29) is 36.0 Å². The van der Waals surface area contributed by atoms with Crippen molar-refractivity contribution in [2.24, 2.45) is 0 Å². The number of nitrogens with zero attached hydrogens (tertiary/aromatic N) is 3. The minimum Gasteiger partial charge on any atom is -0.454 e. The van der Waals surface area contributed by atoms with E-state index >= 15 is 0 Å². The van der Waals surface area contributed by atoms with Gasteiger partial charge in [-0.2, -0.15) is 0 Å². The second-order valence-electron chi connectivity index (χ2n) is 10.7. The molecule has 3 fully saturated rings. The molecule has 0 bridgehead atoms. The number of hydrogen-bond acceptors (Lipinski definition) is 10. The molecule has 0 spiro atoms. The number of ether oxygens (including phenoxy) is 5. The predicted octanol–water partition coefficient (Wildman–Crippen LogP) is 2.52. The second kappa shape index (κ2) is 16.0.